The summed E-state index contributed by atoms with van der Waals surface area (Å²) in [5, 5.41) is 11.3. The van der Waals surface area contributed by atoms with E-state index in [0.29, 0.717) is 16.8 Å². The minimum absolute atomic E-state index is 0.488. The zero-order chi connectivity index (χ0) is 10.1. The predicted octanol–water partition coefficient (Wildman–Crippen LogP) is 2.17. The molecule has 4 heteroatoms. The number of anilines is 1. The van der Waals surface area contributed by atoms with Gasteiger partial charge in [-0.15, -0.1) is 11.3 Å². The maximum Gasteiger partial charge on any atom is 0.150 e. The van der Waals surface area contributed by atoms with Gasteiger partial charge in [0.15, 0.2) is 0 Å². The number of benzene rings is 1. The number of nitrogens with two attached hydrogens (primary N) is 1. The molecule has 0 aliphatic carbocycles. The third-order valence-electron chi connectivity index (χ3n) is 1.98. The van der Waals surface area contributed by atoms with E-state index in [-0.39, 0.29) is 0 Å². The topological polar surface area (TPSA) is 66.9 Å². The minimum Gasteiger partial charge on any atom is -0.398 e. The second-order valence-corrected chi connectivity index (χ2v) is 3.77. The maximum atomic E-state index is 10.6. The van der Waals surface area contributed by atoms with Crippen LogP contribution in [0.3, 0.4) is 0 Å². The smallest absolute Gasteiger partial charge is 0.150 e. The molecule has 0 aliphatic heterocycles. The van der Waals surface area contributed by atoms with E-state index in [1.807, 2.05) is 0 Å². The molecule has 2 rings (SSSR count). The number of nitriles is 1. The molecule has 0 saturated carbocycles. The lowest BCUT2D eigenvalue weighted by Crippen LogP contribution is -1.89. The molecule has 3 nitrogen and oxygen atoms in total. The van der Waals surface area contributed by atoms with Crippen molar-refractivity contribution in [2.45, 2.75) is 0 Å². The standard InChI is InChI=1S/C10H6N2OS/c11-3-7-5-14-9-2-6(4-13)1-8(12)10(7)9/h1-2,4-5H,12H2. The molecule has 0 amide bonds. The predicted molar refractivity (Wildman–Crippen MR) is 56.3 cm³/mol. The molecule has 0 fully saturated rings. The number of carbonyl (C=O) groups excluding carboxylic acids is 1. The van der Waals surface area contributed by atoms with Gasteiger partial charge in [-0.25, -0.2) is 0 Å². The fraction of sp³-hybridized carbons (Fsp3) is 0. The van der Waals surface area contributed by atoms with E-state index < -0.39 is 0 Å². The van der Waals surface area contributed by atoms with Gasteiger partial charge in [0.25, 0.3) is 0 Å². The van der Waals surface area contributed by atoms with Crippen LogP contribution in [0.2, 0.25) is 0 Å². The molecule has 0 saturated heterocycles. The van der Waals surface area contributed by atoms with Gasteiger partial charge in [0, 0.05) is 26.7 Å². The van der Waals surface area contributed by atoms with Gasteiger partial charge in [-0.2, -0.15) is 5.26 Å². The Morgan fingerprint density at radius 2 is 2.29 bits per heavy atom. The number of fused-ring (bicyclic) bond motifs is 1. The Morgan fingerprint density at radius 3 is 2.93 bits per heavy atom. The third-order valence-corrected chi connectivity index (χ3v) is 2.91. The normalized spacial score (nSPS) is 9.93. The Bertz CT molecular complexity index is 551. The van der Waals surface area contributed by atoms with Gasteiger partial charge in [-0.05, 0) is 12.1 Å². The van der Waals surface area contributed by atoms with Crippen molar-refractivity contribution in [1.29, 1.82) is 5.26 Å². The molecule has 0 atom stereocenters. The van der Waals surface area contributed by atoms with Crippen molar-refractivity contribution >= 4 is 33.4 Å². The lowest BCUT2D eigenvalue weighted by Gasteiger charge is -1.98. The van der Waals surface area contributed by atoms with Gasteiger partial charge < -0.3 is 5.73 Å². The van der Waals surface area contributed by atoms with Crippen molar-refractivity contribution in [3.8, 4) is 6.07 Å². The summed E-state index contributed by atoms with van der Waals surface area (Å²) in [5.74, 6) is 0. The highest BCUT2D eigenvalue weighted by atomic mass is 32.1. The van der Waals surface area contributed by atoms with Crippen LogP contribution in [-0.4, -0.2) is 6.29 Å². The summed E-state index contributed by atoms with van der Waals surface area (Å²) in [5.41, 5.74) is 7.35. The van der Waals surface area contributed by atoms with Crippen molar-refractivity contribution in [3.63, 3.8) is 0 Å². The van der Waals surface area contributed by atoms with Gasteiger partial charge in [-0.1, -0.05) is 0 Å². The molecule has 1 aromatic heterocycles. The number of hydrogen-bond acceptors (Lipinski definition) is 4. The zero-order valence-electron chi connectivity index (χ0n) is 7.15. The number of carbonyl (C=O) groups is 1. The quantitative estimate of drug-likeness (QED) is 0.569. The highest BCUT2D eigenvalue weighted by molar-refractivity contribution is 7.17. The van der Waals surface area contributed by atoms with Crippen LogP contribution in [0.15, 0.2) is 17.5 Å². The summed E-state index contributed by atoms with van der Waals surface area (Å²) in [6, 6.07) is 5.40. The number of aldehydes is 1. The van der Waals surface area contributed by atoms with E-state index in [9.17, 15) is 4.79 Å². The van der Waals surface area contributed by atoms with E-state index in [1.165, 1.54) is 11.3 Å². The Hall–Kier alpha value is -1.86. The Balaban J connectivity index is 2.87. The van der Waals surface area contributed by atoms with Gasteiger partial charge in [0.2, 0.25) is 0 Å². The lowest BCUT2D eigenvalue weighted by atomic mass is 10.1. The first-order valence-electron chi connectivity index (χ1n) is 3.92. The van der Waals surface area contributed by atoms with Crippen molar-refractivity contribution in [1.82, 2.24) is 0 Å². The van der Waals surface area contributed by atoms with E-state index in [0.717, 1.165) is 16.4 Å². The molecule has 68 valence electrons. The molecule has 2 aromatic rings. The first-order chi connectivity index (χ1) is 6.76. The van der Waals surface area contributed by atoms with Crippen LogP contribution in [-0.2, 0) is 0 Å². The third kappa shape index (κ3) is 1.15. The molecule has 0 radical (unpaired) electrons. The second kappa shape index (κ2) is 3.13. The van der Waals surface area contributed by atoms with Gasteiger partial charge in [-0.3, -0.25) is 4.79 Å². The molecule has 2 N–H and O–H groups in total. The van der Waals surface area contributed by atoms with Crippen LogP contribution in [0, 0.1) is 11.3 Å². The van der Waals surface area contributed by atoms with Crippen molar-refractivity contribution in [3.05, 3.63) is 28.6 Å². The molecule has 0 bridgehead atoms. The van der Waals surface area contributed by atoms with Crippen LogP contribution in [0.5, 0.6) is 0 Å². The van der Waals surface area contributed by atoms with E-state index >= 15 is 0 Å². The van der Waals surface area contributed by atoms with Crippen LogP contribution < -0.4 is 5.73 Å². The van der Waals surface area contributed by atoms with Crippen molar-refractivity contribution in [2.75, 3.05) is 5.73 Å². The van der Waals surface area contributed by atoms with Crippen molar-refractivity contribution < 1.29 is 4.79 Å². The molecule has 0 spiro atoms. The fourth-order valence-electron chi connectivity index (χ4n) is 1.37. The first kappa shape index (κ1) is 8.73. The van der Waals surface area contributed by atoms with Crippen LogP contribution in [0.1, 0.15) is 15.9 Å². The molecule has 0 aliphatic rings. The summed E-state index contributed by atoms with van der Waals surface area (Å²) >= 11 is 1.42. The van der Waals surface area contributed by atoms with Gasteiger partial charge in [0.05, 0.1) is 5.56 Å². The van der Waals surface area contributed by atoms with Crippen LogP contribution >= 0.6 is 11.3 Å². The summed E-state index contributed by atoms with van der Waals surface area (Å²) in [6.45, 7) is 0. The van der Waals surface area contributed by atoms with Gasteiger partial charge in [0.1, 0.15) is 12.4 Å². The summed E-state index contributed by atoms with van der Waals surface area (Å²) in [4.78, 5) is 10.6. The number of rotatable bonds is 1. The van der Waals surface area contributed by atoms with E-state index in [4.69, 9.17) is 11.0 Å². The van der Waals surface area contributed by atoms with Crippen LogP contribution in [0.25, 0.3) is 10.1 Å². The monoisotopic (exact) mass is 202 g/mol. The maximum absolute atomic E-state index is 10.6. The molecule has 1 heterocycles. The number of hydrogen-bond donors (Lipinski definition) is 1. The summed E-state index contributed by atoms with van der Waals surface area (Å²) in [7, 11) is 0. The molecule has 0 unspecified atom stereocenters. The molecule has 1 aromatic carbocycles. The Morgan fingerprint density at radius 1 is 1.50 bits per heavy atom. The van der Waals surface area contributed by atoms with E-state index in [2.05, 4.69) is 6.07 Å². The summed E-state index contributed by atoms with van der Waals surface area (Å²) in [6.07, 6.45) is 0.752. The first-order valence-corrected chi connectivity index (χ1v) is 4.80. The lowest BCUT2D eigenvalue weighted by molar-refractivity contribution is 0.112. The highest BCUT2D eigenvalue weighted by Gasteiger charge is 2.08. The highest BCUT2D eigenvalue weighted by Crippen LogP contribution is 2.31. The van der Waals surface area contributed by atoms with Crippen LogP contribution in [0.4, 0.5) is 5.69 Å². The molecular formula is C10H6N2OS. The SMILES string of the molecule is N#Cc1csc2cc(C=O)cc(N)c12. The fourth-order valence-corrected chi connectivity index (χ4v) is 2.34. The summed E-state index contributed by atoms with van der Waals surface area (Å²) < 4.78 is 0.878. The number of nitrogen functional groups attached to an aromatic ring is 1. The number of thiophene rings is 1. The molecular weight excluding hydrogens is 196 g/mol. The second-order valence-electron chi connectivity index (χ2n) is 2.86. The average Bonchev–Trinajstić information content (AvgIpc) is 2.61. The number of nitrogens with zero attached hydrogens (tertiary/aromatic N) is 1. The average molecular weight is 202 g/mol. The zero-order valence-corrected chi connectivity index (χ0v) is 7.97. The Labute approximate surface area is 84.4 Å². The molecule has 14 heavy (non-hydrogen) atoms. The largest absolute Gasteiger partial charge is 0.398 e. The van der Waals surface area contributed by atoms with E-state index in [1.54, 1.807) is 17.5 Å². The van der Waals surface area contributed by atoms with Crippen molar-refractivity contribution in [2.24, 2.45) is 0 Å². The van der Waals surface area contributed by atoms with Gasteiger partial charge >= 0.3 is 0 Å². The minimum atomic E-state index is 0.488. The Kier molecular flexibility index (Phi) is 1.95.